The molecule has 0 aliphatic carbocycles. The standard InChI is InChI=1S/C14H21BrN2/c1-2-5-11-8-12(16)10-17(9-11)14-7-4-3-6-13(14)15/h3-4,6-7,11-12H,2,5,8-10,16H2,1H3. The van der Waals surface area contributed by atoms with Crippen molar-refractivity contribution in [3.8, 4) is 0 Å². The Morgan fingerprint density at radius 1 is 1.35 bits per heavy atom. The second kappa shape index (κ2) is 5.87. The number of piperidine rings is 1. The van der Waals surface area contributed by atoms with Crippen molar-refractivity contribution < 1.29 is 0 Å². The van der Waals surface area contributed by atoms with Crippen LogP contribution in [0, 0.1) is 5.92 Å². The third-order valence-electron chi connectivity index (χ3n) is 3.46. The van der Waals surface area contributed by atoms with Crippen LogP contribution in [-0.2, 0) is 0 Å². The number of nitrogens with zero attached hydrogens (tertiary/aromatic N) is 1. The van der Waals surface area contributed by atoms with E-state index >= 15 is 0 Å². The highest BCUT2D eigenvalue weighted by Gasteiger charge is 2.25. The van der Waals surface area contributed by atoms with Gasteiger partial charge in [0.2, 0.25) is 0 Å². The van der Waals surface area contributed by atoms with Gasteiger partial charge in [0.1, 0.15) is 0 Å². The van der Waals surface area contributed by atoms with Gasteiger partial charge in [-0.1, -0.05) is 25.5 Å². The zero-order chi connectivity index (χ0) is 12.3. The van der Waals surface area contributed by atoms with Crippen LogP contribution >= 0.6 is 15.9 Å². The highest BCUT2D eigenvalue weighted by atomic mass is 79.9. The molecule has 0 bridgehead atoms. The van der Waals surface area contributed by atoms with Gasteiger partial charge in [0.05, 0.1) is 5.69 Å². The molecule has 1 aliphatic heterocycles. The minimum Gasteiger partial charge on any atom is -0.369 e. The summed E-state index contributed by atoms with van der Waals surface area (Å²) in [4.78, 5) is 2.43. The van der Waals surface area contributed by atoms with Crippen molar-refractivity contribution in [3.63, 3.8) is 0 Å². The Labute approximate surface area is 112 Å². The summed E-state index contributed by atoms with van der Waals surface area (Å²) in [5.74, 6) is 0.746. The van der Waals surface area contributed by atoms with Gasteiger partial charge in [0, 0.05) is 23.6 Å². The van der Waals surface area contributed by atoms with Crippen molar-refractivity contribution >= 4 is 21.6 Å². The third-order valence-corrected chi connectivity index (χ3v) is 4.13. The van der Waals surface area contributed by atoms with Crippen LogP contribution in [0.2, 0.25) is 0 Å². The maximum Gasteiger partial charge on any atom is 0.0511 e. The average molecular weight is 297 g/mol. The van der Waals surface area contributed by atoms with Gasteiger partial charge in [-0.15, -0.1) is 0 Å². The quantitative estimate of drug-likeness (QED) is 0.926. The van der Waals surface area contributed by atoms with Crippen LogP contribution in [0.1, 0.15) is 26.2 Å². The molecule has 2 atom stereocenters. The van der Waals surface area contributed by atoms with Crippen LogP contribution in [0.3, 0.4) is 0 Å². The number of halogens is 1. The Balaban J connectivity index is 2.12. The Morgan fingerprint density at radius 2 is 2.12 bits per heavy atom. The van der Waals surface area contributed by atoms with Crippen LogP contribution in [0.5, 0.6) is 0 Å². The lowest BCUT2D eigenvalue weighted by Gasteiger charge is -2.38. The molecule has 2 nitrogen and oxygen atoms in total. The molecule has 17 heavy (non-hydrogen) atoms. The molecule has 94 valence electrons. The van der Waals surface area contributed by atoms with E-state index in [1.165, 1.54) is 29.4 Å². The first-order chi connectivity index (χ1) is 8.20. The minimum absolute atomic E-state index is 0.312. The van der Waals surface area contributed by atoms with Gasteiger partial charge >= 0.3 is 0 Å². The fourth-order valence-corrected chi connectivity index (χ4v) is 3.30. The number of hydrogen-bond donors (Lipinski definition) is 1. The molecule has 0 radical (unpaired) electrons. The van der Waals surface area contributed by atoms with Gasteiger partial charge in [-0.2, -0.15) is 0 Å². The molecule has 0 aromatic heterocycles. The second-order valence-electron chi connectivity index (χ2n) is 5.01. The molecule has 1 aromatic carbocycles. The van der Waals surface area contributed by atoms with E-state index < -0.39 is 0 Å². The lowest BCUT2D eigenvalue weighted by molar-refractivity contribution is 0.355. The smallest absolute Gasteiger partial charge is 0.0511 e. The van der Waals surface area contributed by atoms with Crippen LogP contribution in [0.4, 0.5) is 5.69 Å². The number of hydrogen-bond acceptors (Lipinski definition) is 2. The maximum absolute atomic E-state index is 6.18. The third kappa shape index (κ3) is 3.23. The summed E-state index contributed by atoms with van der Waals surface area (Å²) < 4.78 is 1.17. The summed E-state index contributed by atoms with van der Waals surface area (Å²) in [7, 11) is 0. The topological polar surface area (TPSA) is 29.3 Å². The first kappa shape index (κ1) is 12.9. The van der Waals surface area contributed by atoms with Gasteiger partial charge in [-0.25, -0.2) is 0 Å². The molecule has 0 saturated carbocycles. The maximum atomic E-state index is 6.18. The SMILES string of the molecule is CCCC1CC(N)CN(c2ccccc2Br)C1. The summed E-state index contributed by atoms with van der Waals surface area (Å²) in [6.07, 6.45) is 3.71. The predicted molar refractivity (Wildman–Crippen MR) is 77.3 cm³/mol. The first-order valence-electron chi connectivity index (χ1n) is 6.45. The van der Waals surface area contributed by atoms with E-state index in [4.69, 9.17) is 5.73 Å². The largest absolute Gasteiger partial charge is 0.369 e. The van der Waals surface area contributed by atoms with Crippen LogP contribution in [0.25, 0.3) is 0 Å². The van der Waals surface area contributed by atoms with E-state index in [1.807, 2.05) is 0 Å². The summed E-state index contributed by atoms with van der Waals surface area (Å²) >= 11 is 3.63. The van der Waals surface area contributed by atoms with Gasteiger partial charge < -0.3 is 10.6 Å². The molecule has 2 unspecified atom stereocenters. The lowest BCUT2D eigenvalue weighted by Crippen LogP contribution is -2.47. The first-order valence-corrected chi connectivity index (χ1v) is 7.25. The fraction of sp³-hybridized carbons (Fsp3) is 0.571. The average Bonchev–Trinajstić information content (AvgIpc) is 2.29. The van der Waals surface area contributed by atoms with E-state index in [1.54, 1.807) is 0 Å². The zero-order valence-corrected chi connectivity index (χ0v) is 12.0. The Kier molecular flexibility index (Phi) is 4.46. The normalized spacial score (nSPS) is 25.0. The molecule has 1 heterocycles. The Bertz CT molecular complexity index is 367. The summed E-state index contributed by atoms with van der Waals surface area (Å²) in [6, 6.07) is 8.73. The minimum atomic E-state index is 0.312. The van der Waals surface area contributed by atoms with Crippen molar-refractivity contribution in [2.75, 3.05) is 18.0 Å². The molecule has 1 aromatic rings. The van der Waals surface area contributed by atoms with Crippen molar-refractivity contribution in [3.05, 3.63) is 28.7 Å². The van der Waals surface area contributed by atoms with Gasteiger partial charge in [0.25, 0.3) is 0 Å². The number of nitrogens with two attached hydrogens (primary N) is 1. The molecule has 1 aliphatic rings. The monoisotopic (exact) mass is 296 g/mol. The van der Waals surface area contributed by atoms with Crippen molar-refractivity contribution in [1.29, 1.82) is 0 Å². The molecule has 2 rings (SSSR count). The van der Waals surface area contributed by atoms with Crippen LogP contribution < -0.4 is 10.6 Å². The predicted octanol–water partition coefficient (Wildman–Crippen LogP) is 3.40. The molecule has 1 saturated heterocycles. The molecule has 1 fully saturated rings. The number of benzene rings is 1. The summed E-state index contributed by atoms with van der Waals surface area (Å²) in [5, 5.41) is 0. The van der Waals surface area contributed by atoms with Crippen LogP contribution in [-0.4, -0.2) is 19.1 Å². The lowest BCUT2D eigenvalue weighted by atomic mass is 9.90. The van der Waals surface area contributed by atoms with E-state index in [2.05, 4.69) is 52.0 Å². The summed E-state index contributed by atoms with van der Waals surface area (Å²) in [5.41, 5.74) is 7.46. The zero-order valence-electron chi connectivity index (χ0n) is 10.4. The highest BCUT2D eigenvalue weighted by Crippen LogP contribution is 2.30. The van der Waals surface area contributed by atoms with Crippen molar-refractivity contribution in [2.24, 2.45) is 11.7 Å². The number of para-hydroxylation sites is 1. The highest BCUT2D eigenvalue weighted by molar-refractivity contribution is 9.10. The van der Waals surface area contributed by atoms with E-state index in [0.29, 0.717) is 6.04 Å². The van der Waals surface area contributed by atoms with Crippen molar-refractivity contribution in [1.82, 2.24) is 0 Å². The summed E-state index contributed by atoms with van der Waals surface area (Å²) in [6.45, 7) is 4.37. The van der Waals surface area contributed by atoms with Crippen molar-refractivity contribution in [2.45, 2.75) is 32.2 Å². The van der Waals surface area contributed by atoms with Gasteiger partial charge in [-0.05, 0) is 46.8 Å². The molecule has 3 heteroatoms. The molecular weight excluding hydrogens is 276 g/mol. The van der Waals surface area contributed by atoms with Gasteiger partial charge in [-0.3, -0.25) is 0 Å². The Morgan fingerprint density at radius 3 is 2.82 bits per heavy atom. The van der Waals surface area contributed by atoms with Gasteiger partial charge in [0.15, 0.2) is 0 Å². The second-order valence-corrected chi connectivity index (χ2v) is 5.86. The molecular formula is C14H21BrN2. The molecule has 2 N–H and O–H groups in total. The van der Waals surface area contributed by atoms with E-state index in [0.717, 1.165) is 19.0 Å². The Hall–Kier alpha value is -0.540. The molecule has 0 amide bonds. The molecule has 0 spiro atoms. The number of rotatable bonds is 3. The van der Waals surface area contributed by atoms with E-state index in [-0.39, 0.29) is 0 Å². The van der Waals surface area contributed by atoms with Crippen LogP contribution in [0.15, 0.2) is 28.7 Å². The number of anilines is 1. The fourth-order valence-electron chi connectivity index (χ4n) is 2.77. The van der Waals surface area contributed by atoms with E-state index in [9.17, 15) is 0 Å².